The molecule has 0 bridgehead atoms. The standard InChI is InChI=1S/C8H17NO.C8H11NO/c2*1-10-8-4-2-7(6-9)3-5-8/h7-8H,2-6,9H2,1H3;2-5H,6,9H2,1H3. The highest BCUT2D eigenvalue weighted by Gasteiger charge is 2.18. The number of methoxy groups -OCH3 is 2. The van der Waals surface area contributed by atoms with E-state index in [9.17, 15) is 0 Å². The first-order valence-corrected chi connectivity index (χ1v) is 7.29. The molecule has 0 radical (unpaired) electrons. The molecule has 0 unspecified atom stereocenters. The van der Waals surface area contributed by atoms with Gasteiger partial charge in [0.2, 0.25) is 0 Å². The third-order valence-corrected chi connectivity index (χ3v) is 3.86. The van der Waals surface area contributed by atoms with Gasteiger partial charge in [-0.25, -0.2) is 0 Å². The number of rotatable bonds is 4. The van der Waals surface area contributed by atoms with Crippen LogP contribution in [-0.2, 0) is 11.3 Å². The van der Waals surface area contributed by atoms with Crippen LogP contribution in [0.5, 0.6) is 5.75 Å². The molecule has 0 spiro atoms. The second-order valence-corrected chi connectivity index (χ2v) is 5.17. The van der Waals surface area contributed by atoms with Gasteiger partial charge in [-0.15, -0.1) is 0 Å². The molecule has 4 heteroatoms. The predicted octanol–water partition coefficient (Wildman–Crippen LogP) is 2.30. The largest absolute Gasteiger partial charge is 0.497 e. The molecule has 20 heavy (non-hydrogen) atoms. The second kappa shape index (κ2) is 9.75. The van der Waals surface area contributed by atoms with Crippen LogP contribution in [0.15, 0.2) is 24.3 Å². The Kier molecular flexibility index (Phi) is 8.26. The Bertz CT molecular complexity index is 311. The SMILES string of the molecule is COC1CCC(CN)CC1.COc1ccc(CN)cc1. The summed E-state index contributed by atoms with van der Waals surface area (Å²) >= 11 is 0. The number of ether oxygens (including phenoxy) is 2. The van der Waals surface area contributed by atoms with Gasteiger partial charge in [0.05, 0.1) is 13.2 Å². The van der Waals surface area contributed by atoms with Gasteiger partial charge >= 0.3 is 0 Å². The predicted molar refractivity (Wildman–Crippen MR) is 82.7 cm³/mol. The van der Waals surface area contributed by atoms with E-state index in [4.69, 9.17) is 20.9 Å². The molecular formula is C16H28N2O2. The summed E-state index contributed by atoms with van der Waals surface area (Å²) in [5.74, 6) is 1.64. The van der Waals surface area contributed by atoms with Crippen molar-refractivity contribution in [1.82, 2.24) is 0 Å². The normalized spacial score (nSPS) is 21.8. The van der Waals surface area contributed by atoms with E-state index in [2.05, 4.69) is 0 Å². The minimum Gasteiger partial charge on any atom is -0.497 e. The Morgan fingerprint density at radius 3 is 2.00 bits per heavy atom. The lowest BCUT2D eigenvalue weighted by Gasteiger charge is -2.26. The Labute approximate surface area is 122 Å². The average molecular weight is 280 g/mol. The van der Waals surface area contributed by atoms with Crippen molar-refractivity contribution in [1.29, 1.82) is 0 Å². The summed E-state index contributed by atoms with van der Waals surface area (Å²) in [6.45, 7) is 1.44. The van der Waals surface area contributed by atoms with Crippen LogP contribution in [0.3, 0.4) is 0 Å². The first kappa shape index (κ1) is 17.0. The summed E-state index contributed by atoms with van der Waals surface area (Å²) in [5.41, 5.74) is 12.1. The fourth-order valence-corrected chi connectivity index (χ4v) is 2.36. The van der Waals surface area contributed by atoms with Crippen molar-refractivity contribution in [3.63, 3.8) is 0 Å². The molecule has 2 rings (SSSR count). The lowest BCUT2D eigenvalue weighted by molar-refractivity contribution is 0.0580. The zero-order valence-electron chi connectivity index (χ0n) is 12.7. The lowest BCUT2D eigenvalue weighted by atomic mass is 9.87. The summed E-state index contributed by atoms with van der Waals surface area (Å²) in [5, 5.41) is 0. The van der Waals surface area contributed by atoms with Gasteiger partial charge in [0.1, 0.15) is 5.75 Å². The fraction of sp³-hybridized carbons (Fsp3) is 0.625. The molecule has 0 heterocycles. The lowest BCUT2D eigenvalue weighted by Crippen LogP contribution is -2.24. The van der Waals surface area contributed by atoms with Crippen molar-refractivity contribution < 1.29 is 9.47 Å². The molecule has 1 aromatic carbocycles. The summed E-state index contributed by atoms with van der Waals surface area (Å²) in [6, 6.07) is 7.72. The van der Waals surface area contributed by atoms with E-state index in [1.54, 1.807) is 14.2 Å². The topological polar surface area (TPSA) is 70.5 Å². The highest BCUT2D eigenvalue weighted by Crippen LogP contribution is 2.24. The molecule has 1 fully saturated rings. The van der Waals surface area contributed by atoms with Gasteiger partial charge in [-0.2, -0.15) is 0 Å². The first-order valence-electron chi connectivity index (χ1n) is 7.29. The Morgan fingerprint density at radius 1 is 1.00 bits per heavy atom. The number of nitrogens with two attached hydrogens (primary N) is 2. The van der Waals surface area contributed by atoms with Crippen molar-refractivity contribution >= 4 is 0 Å². The third kappa shape index (κ3) is 5.90. The summed E-state index contributed by atoms with van der Waals surface area (Å²) in [7, 11) is 3.45. The maximum atomic E-state index is 5.55. The zero-order chi connectivity index (χ0) is 14.8. The molecule has 4 nitrogen and oxygen atoms in total. The van der Waals surface area contributed by atoms with Crippen molar-refractivity contribution in [3.05, 3.63) is 29.8 Å². The molecule has 1 aliphatic rings. The quantitative estimate of drug-likeness (QED) is 0.888. The van der Waals surface area contributed by atoms with E-state index in [-0.39, 0.29) is 0 Å². The van der Waals surface area contributed by atoms with Gasteiger partial charge in [-0.1, -0.05) is 12.1 Å². The summed E-state index contributed by atoms with van der Waals surface area (Å²) < 4.78 is 10.2. The molecule has 4 N–H and O–H groups in total. The fourth-order valence-electron chi connectivity index (χ4n) is 2.36. The van der Waals surface area contributed by atoms with Gasteiger partial charge in [-0.05, 0) is 55.8 Å². The van der Waals surface area contributed by atoms with E-state index in [1.807, 2.05) is 24.3 Å². The minimum absolute atomic E-state index is 0.516. The summed E-state index contributed by atoms with van der Waals surface area (Å²) in [4.78, 5) is 0. The van der Waals surface area contributed by atoms with Crippen LogP contribution in [-0.4, -0.2) is 26.9 Å². The van der Waals surface area contributed by atoms with Crippen LogP contribution in [0, 0.1) is 5.92 Å². The van der Waals surface area contributed by atoms with Crippen LogP contribution in [0.25, 0.3) is 0 Å². The zero-order valence-corrected chi connectivity index (χ0v) is 12.7. The van der Waals surface area contributed by atoms with Crippen LogP contribution in [0.1, 0.15) is 31.2 Å². The van der Waals surface area contributed by atoms with E-state index in [1.165, 1.54) is 25.7 Å². The molecule has 0 atom stereocenters. The Morgan fingerprint density at radius 2 is 1.60 bits per heavy atom. The van der Waals surface area contributed by atoms with Crippen LogP contribution in [0.2, 0.25) is 0 Å². The number of hydrogen-bond acceptors (Lipinski definition) is 4. The first-order chi connectivity index (χ1) is 9.73. The van der Waals surface area contributed by atoms with Gasteiger partial charge in [0.25, 0.3) is 0 Å². The van der Waals surface area contributed by atoms with Crippen molar-refractivity contribution in [2.24, 2.45) is 17.4 Å². The van der Waals surface area contributed by atoms with E-state index < -0.39 is 0 Å². The van der Waals surface area contributed by atoms with Crippen LogP contribution in [0.4, 0.5) is 0 Å². The molecular weight excluding hydrogens is 252 g/mol. The average Bonchev–Trinajstić information content (AvgIpc) is 2.55. The van der Waals surface area contributed by atoms with Crippen LogP contribution < -0.4 is 16.2 Å². The van der Waals surface area contributed by atoms with Gasteiger partial charge < -0.3 is 20.9 Å². The monoisotopic (exact) mass is 280 g/mol. The van der Waals surface area contributed by atoms with Crippen LogP contribution >= 0.6 is 0 Å². The Hall–Kier alpha value is -1.10. The van der Waals surface area contributed by atoms with Gasteiger partial charge in [-0.3, -0.25) is 0 Å². The van der Waals surface area contributed by atoms with Crippen molar-refractivity contribution in [3.8, 4) is 5.75 Å². The molecule has 114 valence electrons. The van der Waals surface area contributed by atoms with E-state index >= 15 is 0 Å². The van der Waals surface area contributed by atoms with Crippen molar-refractivity contribution in [2.75, 3.05) is 20.8 Å². The molecule has 0 amide bonds. The maximum absolute atomic E-state index is 5.55. The Balaban J connectivity index is 0.000000200. The number of hydrogen-bond donors (Lipinski definition) is 2. The molecule has 1 aromatic rings. The maximum Gasteiger partial charge on any atom is 0.118 e. The highest BCUT2D eigenvalue weighted by molar-refractivity contribution is 5.26. The molecule has 0 aromatic heterocycles. The molecule has 1 saturated carbocycles. The van der Waals surface area contributed by atoms with E-state index in [0.717, 1.165) is 23.8 Å². The van der Waals surface area contributed by atoms with Gasteiger partial charge in [0, 0.05) is 13.7 Å². The second-order valence-electron chi connectivity index (χ2n) is 5.17. The number of benzene rings is 1. The molecule has 0 saturated heterocycles. The van der Waals surface area contributed by atoms with E-state index in [0.29, 0.717) is 12.6 Å². The smallest absolute Gasteiger partial charge is 0.118 e. The van der Waals surface area contributed by atoms with Crippen molar-refractivity contribution in [2.45, 2.75) is 38.3 Å². The third-order valence-electron chi connectivity index (χ3n) is 3.86. The molecule has 1 aliphatic carbocycles. The summed E-state index contributed by atoms with van der Waals surface area (Å²) in [6.07, 6.45) is 5.45. The highest BCUT2D eigenvalue weighted by atomic mass is 16.5. The minimum atomic E-state index is 0.516. The van der Waals surface area contributed by atoms with Gasteiger partial charge in [0.15, 0.2) is 0 Å². The molecule has 0 aliphatic heterocycles.